The van der Waals surface area contributed by atoms with Crippen molar-refractivity contribution < 1.29 is 31.2 Å². The molecule has 178 valence electrons. The maximum Gasteiger partial charge on any atom is 0.324 e. The summed E-state index contributed by atoms with van der Waals surface area (Å²) in [4.78, 5) is 26.9. The molecule has 0 aromatic heterocycles. The number of hydrogen-bond acceptors (Lipinski definition) is 7. The van der Waals surface area contributed by atoms with Gasteiger partial charge in [-0.05, 0) is 51.7 Å². The Kier molecular flexibility index (Phi) is 7.61. The van der Waals surface area contributed by atoms with Gasteiger partial charge in [0, 0.05) is 19.1 Å². The molecule has 0 N–H and O–H groups in total. The van der Waals surface area contributed by atoms with Gasteiger partial charge in [0.05, 0.1) is 16.4 Å². The van der Waals surface area contributed by atoms with E-state index in [0.717, 1.165) is 9.87 Å². The van der Waals surface area contributed by atoms with E-state index >= 15 is 0 Å². The minimum absolute atomic E-state index is 0.0368. The molecule has 0 saturated carbocycles. The summed E-state index contributed by atoms with van der Waals surface area (Å²) in [6.45, 7) is 3.55. The molecule has 2 saturated heterocycles. The van der Waals surface area contributed by atoms with Crippen LogP contribution in [0.4, 0.5) is 0 Å². The normalized spacial score (nSPS) is 23.6. The van der Waals surface area contributed by atoms with Crippen molar-refractivity contribution in [3.63, 3.8) is 0 Å². The van der Waals surface area contributed by atoms with Gasteiger partial charge in [-0.1, -0.05) is 17.7 Å². The summed E-state index contributed by atoms with van der Waals surface area (Å²) >= 11 is 0. The van der Waals surface area contributed by atoms with E-state index in [9.17, 15) is 26.4 Å². The standard InChI is InChI=1S/C21H30N2O7S2/c1-3-22(17-11-13-31(26,27)15-17)20(24)14-30-21(25)19-6-4-5-12-23(19)32(28,29)18-9-7-16(2)8-10-18/h7-10,17,19H,3-6,11-15H2,1-2H3/t17-,19-/m0/s1. The van der Waals surface area contributed by atoms with Gasteiger partial charge in [0.2, 0.25) is 10.0 Å². The third-order valence-corrected chi connectivity index (χ3v) is 9.67. The number of benzene rings is 1. The van der Waals surface area contributed by atoms with Crippen LogP contribution in [-0.2, 0) is 34.2 Å². The summed E-state index contributed by atoms with van der Waals surface area (Å²) < 4.78 is 56.1. The quantitative estimate of drug-likeness (QED) is 0.530. The number of rotatable bonds is 7. The summed E-state index contributed by atoms with van der Waals surface area (Å²) in [5.74, 6) is -1.29. The van der Waals surface area contributed by atoms with Crippen LogP contribution >= 0.6 is 0 Å². The Labute approximate surface area is 189 Å². The van der Waals surface area contributed by atoms with Crippen LogP contribution in [0.25, 0.3) is 0 Å². The van der Waals surface area contributed by atoms with E-state index in [1.807, 2.05) is 6.92 Å². The first kappa shape index (κ1) is 24.7. The Balaban J connectivity index is 1.67. The number of esters is 1. The van der Waals surface area contributed by atoms with E-state index in [4.69, 9.17) is 4.74 Å². The summed E-state index contributed by atoms with van der Waals surface area (Å²) in [6.07, 6.45) is 1.99. The zero-order valence-corrected chi connectivity index (χ0v) is 20.0. The number of hydrogen-bond donors (Lipinski definition) is 0. The van der Waals surface area contributed by atoms with Gasteiger partial charge in [-0.2, -0.15) is 4.31 Å². The van der Waals surface area contributed by atoms with Crippen molar-refractivity contribution in [3.8, 4) is 0 Å². The van der Waals surface area contributed by atoms with Gasteiger partial charge in [0.1, 0.15) is 6.04 Å². The second-order valence-electron chi connectivity index (χ2n) is 8.28. The lowest BCUT2D eigenvalue weighted by molar-refractivity contribution is -0.156. The number of ether oxygens (including phenoxy) is 1. The van der Waals surface area contributed by atoms with E-state index in [1.54, 1.807) is 19.1 Å². The van der Waals surface area contributed by atoms with Gasteiger partial charge in [0.15, 0.2) is 16.4 Å². The molecule has 0 aliphatic carbocycles. The molecule has 0 unspecified atom stereocenters. The number of carbonyl (C=O) groups excluding carboxylic acids is 2. The molecule has 1 amide bonds. The molecule has 2 fully saturated rings. The van der Waals surface area contributed by atoms with E-state index in [0.29, 0.717) is 32.2 Å². The van der Waals surface area contributed by atoms with Crippen molar-refractivity contribution >= 4 is 31.7 Å². The van der Waals surface area contributed by atoms with Crippen LogP contribution in [-0.4, -0.2) is 81.2 Å². The highest BCUT2D eigenvalue weighted by Crippen LogP contribution is 2.26. The van der Waals surface area contributed by atoms with Crippen molar-refractivity contribution in [2.75, 3.05) is 31.2 Å². The van der Waals surface area contributed by atoms with Gasteiger partial charge >= 0.3 is 5.97 Å². The third-order valence-electron chi connectivity index (χ3n) is 6.00. The van der Waals surface area contributed by atoms with E-state index in [-0.39, 0.29) is 22.9 Å². The number of amides is 1. The fraction of sp³-hybridized carbons (Fsp3) is 0.619. The van der Waals surface area contributed by atoms with Crippen LogP contribution in [0, 0.1) is 6.92 Å². The van der Waals surface area contributed by atoms with Gasteiger partial charge in [-0.15, -0.1) is 0 Å². The summed E-state index contributed by atoms with van der Waals surface area (Å²) in [5.41, 5.74) is 0.924. The largest absolute Gasteiger partial charge is 0.454 e. The number of sulfonamides is 1. The lowest BCUT2D eigenvalue weighted by atomic mass is 10.1. The predicted octanol–water partition coefficient (Wildman–Crippen LogP) is 1.12. The Morgan fingerprint density at radius 3 is 2.44 bits per heavy atom. The van der Waals surface area contributed by atoms with Gasteiger partial charge in [0.25, 0.3) is 5.91 Å². The second kappa shape index (κ2) is 9.88. The smallest absolute Gasteiger partial charge is 0.324 e. The van der Waals surface area contributed by atoms with Crippen molar-refractivity contribution in [2.24, 2.45) is 0 Å². The minimum Gasteiger partial charge on any atom is -0.454 e. The van der Waals surface area contributed by atoms with Crippen LogP contribution < -0.4 is 0 Å². The Morgan fingerprint density at radius 2 is 1.84 bits per heavy atom. The first-order valence-electron chi connectivity index (χ1n) is 10.8. The molecule has 1 aromatic carbocycles. The maximum atomic E-state index is 13.1. The van der Waals surface area contributed by atoms with Crippen LogP contribution in [0.1, 0.15) is 38.2 Å². The summed E-state index contributed by atoms with van der Waals surface area (Å²) in [6, 6.07) is 5.01. The molecule has 2 heterocycles. The Hall–Kier alpha value is -1.98. The fourth-order valence-corrected chi connectivity index (χ4v) is 7.62. The topological polar surface area (TPSA) is 118 Å². The molecule has 0 bridgehead atoms. The molecule has 0 spiro atoms. The number of aryl methyl sites for hydroxylation is 1. The molecule has 11 heteroatoms. The van der Waals surface area contributed by atoms with Crippen LogP contribution in [0.3, 0.4) is 0 Å². The van der Waals surface area contributed by atoms with Crippen molar-refractivity contribution in [1.29, 1.82) is 0 Å². The molecule has 9 nitrogen and oxygen atoms in total. The highest BCUT2D eigenvalue weighted by Gasteiger charge is 2.39. The zero-order valence-electron chi connectivity index (χ0n) is 18.4. The average molecular weight is 487 g/mol. The fourth-order valence-electron chi connectivity index (χ4n) is 4.25. The first-order chi connectivity index (χ1) is 15.0. The Bertz CT molecular complexity index is 1050. The maximum absolute atomic E-state index is 13.1. The number of piperidine rings is 1. The van der Waals surface area contributed by atoms with Crippen molar-refractivity contribution in [3.05, 3.63) is 29.8 Å². The molecule has 2 aliphatic heterocycles. The van der Waals surface area contributed by atoms with Gasteiger partial charge in [-0.25, -0.2) is 16.8 Å². The lowest BCUT2D eigenvalue weighted by Crippen LogP contribution is -2.49. The summed E-state index contributed by atoms with van der Waals surface area (Å²) in [7, 11) is -7.05. The molecular formula is C21H30N2O7S2. The SMILES string of the molecule is CCN(C(=O)COC(=O)[C@@H]1CCCCN1S(=O)(=O)c1ccc(C)cc1)[C@H]1CCS(=O)(=O)C1. The molecule has 2 atom stereocenters. The second-order valence-corrected chi connectivity index (χ2v) is 12.4. The van der Waals surface area contributed by atoms with Gasteiger partial charge < -0.3 is 9.64 Å². The zero-order chi connectivity index (χ0) is 23.5. The number of carbonyl (C=O) groups is 2. The van der Waals surface area contributed by atoms with Crippen LogP contribution in [0.5, 0.6) is 0 Å². The minimum atomic E-state index is -3.89. The third kappa shape index (κ3) is 5.49. The molecule has 32 heavy (non-hydrogen) atoms. The molecule has 3 rings (SSSR count). The van der Waals surface area contributed by atoms with Crippen molar-refractivity contribution in [1.82, 2.24) is 9.21 Å². The Morgan fingerprint density at radius 1 is 1.16 bits per heavy atom. The van der Waals surface area contributed by atoms with Crippen LogP contribution in [0.2, 0.25) is 0 Å². The molecule has 2 aliphatic rings. The monoisotopic (exact) mass is 486 g/mol. The number of sulfone groups is 1. The molecule has 0 radical (unpaired) electrons. The van der Waals surface area contributed by atoms with Crippen molar-refractivity contribution in [2.45, 2.75) is 56.5 Å². The number of nitrogens with zero attached hydrogens (tertiary/aromatic N) is 2. The number of likely N-dealkylation sites (N-methyl/N-ethyl adjacent to an activating group) is 1. The predicted molar refractivity (Wildman–Crippen MR) is 118 cm³/mol. The lowest BCUT2D eigenvalue weighted by Gasteiger charge is -2.33. The van der Waals surface area contributed by atoms with E-state index in [2.05, 4.69) is 0 Å². The van der Waals surface area contributed by atoms with Gasteiger partial charge in [-0.3, -0.25) is 9.59 Å². The highest BCUT2D eigenvalue weighted by atomic mass is 32.2. The van der Waals surface area contributed by atoms with Crippen LogP contribution in [0.15, 0.2) is 29.2 Å². The van der Waals surface area contributed by atoms with E-state index < -0.39 is 50.4 Å². The van der Waals surface area contributed by atoms with E-state index in [1.165, 1.54) is 17.0 Å². The molecule has 1 aromatic rings. The molecular weight excluding hydrogens is 456 g/mol. The summed E-state index contributed by atoms with van der Waals surface area (Å²) in [5, 5.41) is 0. The first-order valence-corrected chi connectivity index (χ1v) is 14.1. The highest BCUT2D eigenvalue weighted by molar-refractivity contribution is 7.91. The average Bonchev–Trinajstić information content (AvgIpc) is 3.12.